The highest BCUT2D eigenvalue weighted by Crippen LogP contribution is 1.67. The van der Waals surface area contributed by atoms with Crippen molar-refractivity contribution >= 4 is 11.8 Å². The maximum absolute atomic E-state index is 10.9. The summed E-state index contributed by atoms with van der Waals surface area (Å²) in [6.45, 7) is 4.09. The van der Waals surface area contributed by atoms with Crippen LogP contribution >= 0.6 is 0 Å². The van der Waals surface area contributed by atoms with Gasteiger partial charge >= 0.3 is 0 Å². The third-order valence-electron chi connectivity index (χ3n) is 1.23. The van der Waals surface area contributed by atoms with Crippen molar-refractivity contribution in [3.63, 3.8) is 0 Å². The standard InChI is InChI=1S/C8H15N3O2/c1-3-4-10-8(13)6-11-7(12)5-9-2/h3,9H,1,4-6H2,2H3,(H,10,13)(H,11,12). The van der Waals surface area contributed by atoms with Gasteiger partial charge in [-0.25, -0.2) is 0 Å². The van der Waals surface area contributed by atoms with Gasteiger partial charge in [-0.05, 0) is 7.05 Å². The Morgan fingerprint density at radius 3 is 2.38 bits per heavy atom. The second kappa shape index (κ2) is 7.30. The molecule has 0 heterocycles. The van der Waals surface area contributed by atoms with E-state index in [1.54, 1.807) is 13.1 Å². The molecule has 0 aromatic rings. The fourth-order valence-corrected chi connectivity index (χ4v) is 0.650. The minimum atomic E-state index is -0.218. The van der Waals surface area contributed by atoms with E-state index in [-0.39, 0.29) is 24.9 Å². The summed E-state index contributed by atoms with van der Waals surface area (Å²) < 4.78 is 0. The van der Waals surface area contributed by atoms with E-state index in [1.165, 1.54) is 0 Å². The molecule has 0 saturated heterocycles. The van der Waals surface area contributed by atoms with Gasteiger partial charge in [0.1, 0.15) is 0 Å². The third-order valence-corrected chi connectivity index (χ3v) is 1.23. The van der Waals surface area contributed by atoms with Crippen molar-refractivity contribution in [1.82, 2.24) is 16.0 Å². The molecule has 0 spiro atoms. The number of amides is 2. The fourth-order valence-electron chi connectivity index (χ4n) is 0.650. The van der Waals surface area contributed by atoms with E-state index >= 15 is 0 Å². The molecule has 0 aromatic carbocycles. The highest BCUT2D eigenvalue weighted by atomic mass is 16.2. The molecular formula is C8H15N3O2. The molecule has 3 N–H and O–H groups in total. The number of rotatable bonds is 6. The van der Waals surface area contributed by atoms with Gasteiger partial charge in [0.2, 0.25) is 11.8 Å². The molecule has 0 saturated carbocycles. The van der Waals surface area contributed by atoms with Crippen molar-refractivity contribution in [3.05, 3.63) is 12.7 Å². The van der Waals surface area contributed by atoms with E-state index in [4.69, 9.17) is 0 Å². The molecule has 0 aliphatic rings. The van der Waals surface area contributed by atoms with E-state index in [0.29, 0.717) is 6.54 Å². The van der Waals surface area contributed by atoms with Gasteiger partial charge in [-0.3, -0.25) is 9.59 Å². The SMILES string of the molecule is C=CCNC(=O)CNC(=O)CNC. The maximum Gasteiger partial charge on any atom is 0.239 e. The molecule has 2 amide bonds. The van der Waals surface area contributed by atoms with Crippen LogP contribution in [0, 0.1) is 0 Å². The monoisotopic (exact) mass is 185 g/mol. The van der Waals surface area contributed by atoms with Crippen LogP contribution < -0.4 is 16.0 Å². The summed E-state index contributed by atoms with van der Waals surface area (Å²) in [6, 6.07) is 0. The van der Waals surface area contributed by atoms with Gasteiger partial charge in [0.05, 0.1) is 13.1 Å². The zero-order chi connectivity index (χ0) is 10.1. The van der Waals surface area contributed by atoms with E-state index < -0.39 is 0 Å². The van der Waals surface area contributed by atoms with Crippen molar-refractivity contribution < 1.29 is 9.59 Å². The topological polar surface area (TPSA) is 70.2 Å². The Morgan fingerprint density at radius 2 is 1.85 bits per heavy atom. The fraction of sp³-hybridized carbons (Fsp3) is 0.500. The molecule has 0 fully saturated rings. The third kappa shape index (κ3) is 7.02. The van der Waals surface area contributed by atoms with Crippen LogP contribution in [0.15, 0.2) is 12.7 Å². The minimum absolute atomic E-state index is 0.00829. The first-order chi connectivity index (χ1) is 6.20. The van der Waals surface area contributed by atoms with Crippen LogP contribution in [0.4, 0.5) is 0 Å². The molecule has 13 heavy (non-hydrogen) atoms. The maximum atomic E-state index is 10.9. The molecule has 0 atom stereocenters. The van der Waals surface area contributed by atoms with Gasteiger partial charge in [0, 0.05) is 6.54 Å². The molecule has 0 aliphatic carbocycles. The Bertz CT molecular complexity index is 192. The minimum Gasteiger partial charge on any atom is -0.351 e. The molecule has 0 radical (unpaired) electrons. The number of hydrogen-bond acceptors (Lipinski definition) is 3. The first kappa shape index (κ1) is 11.6. The Hall–Kier alpha value is -1.36. The lowest BCUT2D eigenvalue weighted by atomic mass is 10.5. The van der Waals surface area contributed by atoms with E-state index in [9.17, 15) is 9.59 Å². The summed E-state index contributed by atoms with van der Waals surface area (Å²) in [5, 5.41) is 7.66. The largest absolute Gasteiger partial charge is 0.351 e. The van der Waals surface area contributed by atoms with E-state index in [1.807, 2.05) is 0 Å². The normalized spacial score (nSPS) is 9.00. The van der Waals surface area contributed by atoms with Crippen LogP contribution in [-0.2, 0) is 9.59 Å². The quantitative estimate of drug-likeness (QED) is 0.447. The molecule has 0 rings (SSSR count). The molecule has 0 aliphatic heterocycles. The average molecular weight is 185 g/mol. The Labute approximate surface area is 77.6 Å². The lowest BCUT2D eigenvalue weighted by Gasteiger charge is -2.04. The first-order valence-corrected chi connectivity index (χ1v) is 3.99. The molecule has 0 aromatic heterocycles. The summed E-state index contributed by atoms with van der Waals surface area (Å²) in [5.41, 5.74) is 0. The van der Waals surface area contributed by atoms with Crippen molar-refractivity contribution in [1.29, 1.82) is 0 Å². The predicted molar refractivity (Wildman–Crippen MR) is 50.1 cm³/mol. The lowest BCUT2D eigenvalue weighted by Crippen LogP contribution is -2.40. The van der Waals surface area contributed by atoms with Crippen molar-refractivity contribution in [3.8, 4) is 0 Å². The highest BCUT2D eigenvalue weighted by Gasteiger charge is 2.02. The van der Waals surface area contributed by atoms with Crippen LogP contribution in [0.25, 0.3) is 0 Å². The summed E-state index contributed by atoms with van der Waals surface area (Å²) in [6.07, 6.45) is 1.58. The number of nitrogens with one attached hydrogen (secondary N) is 3. The first-order valence-electron chi connectivity index (χ1n) is 3.99. The van der Waals surface area contributed by atoms with E-state index in [0.717, 1.165) is 0 Å². The predicted octanol–water partition coefficient (Wildman–Crippen LogP) is -1.38. The summed E-state index contributed by atoms with van der Waals surface area (Å²) >= 11 is 0. The van der Waals surface area contributed by atoms with Crippen LogP contribution in [0.1, 0.15) is 0 Å². The number of carbonyl (C=O) groups is 2. The Morgan fingerprint density at radius 1 is 1.23 bits per heavy atom. The van der Waals surface area contributed by atoms with Gasteiger partial charge in [-0.15, -0.1) is 6.58 Å². The average Bonchev–Trinajstić information content (AvgIpc) is 2.12. The van der Waals surface area contributed by atoms with Crippen LogP contribution in [0.3, 0.4) is 0 Å². The molecular weight excluding hydrogens is 170 g/mol. The van der Waals surface area contributed by atoms with Crippen LogP contribution in [0.2, 0.25) is 0 Å². The molecule has 0 unspecified atom stereocenters. The van der Waals surface area contributed by atoms with Crippen molar-refractivity contribution in [2.75, 3.05) is 26.7 Å². The molecule has 5 nitrogen and oxygen atoms in total. The second-order valence-electron chi connectivity index (χ2n) is 2.40. The molecule has 5 heteroatoms. The van der Waals surface area contributed by atoms with Crippen LogP contribution in [-0.4, -0.2) is 38.5 Å². The smallest absolute Gasteiger partial charge is 0.239 e. The number of hydrogen-bond donors (Lipinski definition) is 3. The van der Waals surface area contributed by atoms with E-state index in [2.05, 4.69) is 22.5 Å². The Kier molecular flexibility index (Phi) is 6.53. The lowest BCUT2D eigenvalue weighted by molar-refractivity contribution is -0.125. The number of likely N-dealkylation sites (N-methyl/N-ethyl adjacent to an activating group) is 1. The highest BCUT2D eigenvalue weighted by molar-refractivity contribution is 5.85. The number of carbonyl (C=O) groups excluding carboxylic acids is 2. The van der Waals surface area contributed by atoms with Gasteiger partial charge in [-0.1, -0.05) is 6.08 Å². The molecule has 0 bridgehead atoms. The zero-order valence-electron chi connectivity index (χ0n) is 7.72. The van der Waals surface area contributed by atoms with Crippen molar-refractivity contribution in [2.45, 2.75) is 0 Å². The molecule has 74 valence electrons. The van der Waals surface area contributed by atoms with Crippen molar-refractivity contribution in [2.24, 2.45) is 0 Å². The van der Waals surface area contributed by atoms with Gasteiger partial charge in [0.25, 0.3) is 0 Å². The van der Waals surface area contributed by atoms with Gasteiger partial charge in [0.15, 0.2) is 0 Å². The zero-order valence-corrected chi connectivity index (χ0v) is 7.72. The van der Waals surface area contributed by atoms with Crippen LogP contribution in [0.5, 0.6) is 0 Å². The second-order valence-corrected chi connectivity index (χ2v) is 2.40. The summed E-state index contributed by atoms with van der Waals surface area (Å²) in [7, 11) is 1.66. The van der Waals surface area contributed by atoms with Gasteiger partial charge in [-0.2, -0.15) is 0 Å². The van der Waals surface area contributed by atoms with Gasteiger partial charge < -0.3 is 16.0 Å². The summed E-state index contributed by atoms with van der Waals surface area (Å²) in [5.74, 6) is -0.416. The Balaban J connectivity index is 3.45. The summed E-state index contributed by atoms with van der Waals surface area (Å²) in [4.78, 5) is 21.8.